The fourth-order valence-electron chi connectivity index (χ4n) is 2.22. The number of quaternary nitrogens is 1. The van der Waals surface area contributed by atoms with Crippen LogP contribution in [0.2, 0.25) is 0 Å². The lowest BCUT2D eigenvalue weighted by molar-refractivity contribution is -0.949. The third-order valence-corrected chi connectivity index (χ3v) is 14.1. The van der Waals surface area contributed by atoms with Gasteiger partial charge in [-0.1, -0.05) is 0 Å². The van der Waals surface area contributed by atoms with Gasteiger partial charge in [-0.15, -0.1) is 0 Å². The highest BCUT2D eigenvalue weighted by atomic mass is 28.4. The summed E-state index contributed by atoms with van der Waals surface area (Å²) in [7, 11) is 16.5. The predicted molar refractivity (Wildman–Crippen MR) is 84.3 cm³/mol. The molecule has 0 aliphatic carbocycles. The van der Waals surface area contributed by atoms with E-state index in [1.165, 1.54) is 0 Å². The first-order valence-electron chi connectivity index (χ1n) is 6.28. The standard InChI is InChI=1S/C8H30N7Si3/c1-9(2)13-16-14(10(3)4)18-15(17-13,11(5)6)12(7)8/h16-18H2,1-8H3/q+1. The van der Waals surface area contributed by atoms with Crippen LogP contribution < -0.4 is 0 Å². The van der Waals surface area contributed by atoms with Crippen molar-refractivity contribution in [2.45, 2.75) is 0 Å². The van der Waals surface area contributed by atoms with E-state index in [9.17, 15) is 0 Å². The molecule has 0 atom stereocenters. The lowest BCUT2D eigenvalue weighted by atomic mass is 11.1. The lowest BCUT2D eigenvalue weighted by Gasteiger charge is -2.56. The molecule has 0 bridgehead atoms. The van der Waals surface area contributed by atoms with Crippen molar-refractivity contribution in [1.82, 2.24) is 28.7 Å². The van der Waals surface area contributed by atoms with Crippen LogP contribution in [0.1, 0.15) is 0 Å². The average molecular weight is 309 g/mol. The second-order valence-electron chi connectivity index (χ2n) is 5.70. The minimum Gasteiger partial charge on any atom is -0.264 e. The van der Waals surface area contributed by atoms with Crippen molar-refractivity contribution >= 4 is 29.5 Å². The summed E-state index contributed by atoms with van der Waals surface area (Å²) >= 11 is 0. The molecule has 0 radical (unpaired) electrons. The summed E-state index contributed by atoms with van der Waals surface area (Å²) < 4.78 is 6.39. The van der Waals surface area contributed by atoms with Crippen LogP contribution in [0.25, 0.3) is 0 Å². The van der Waals surface area contributed by atoms with Gasteiger partial charge in [0.25, 0.3) is 0 Å². The molecule has 0 aromatic heterocycles. The molecule has 0 spiro atoms. The summed E-state index contributed by atoms with van der Waals surface area (Å²) in [6.45, 7) is 0. The third-order valence-electron chi connectivity index (χ3n) is 3.73. The topological polar surface area (TPSA) is 19.4 Å². The first kappa shape index (κ1) is 16.4. The van der Waals surface area contributed by atoms with Gasteiger partial charge in [-0.05, 0) is 0 Å². The zero-order valence-corrected chi connectivity index (χ0v) is 17.5. The van der Waals surface area contributed by atoms with E-state index in [1.54, 1.807) is 0 Å². The number of hydrazine groups is 2. The molecule has 1 fully saturated rings. The Morgan fingerprint density at radius 1 is 0.667 bits per heavy atom. The van der Waals surface area contributed by atoms with Crippen LogP contribution in [0.4, 0.5) is 0 Å². The number of nitrogens with zero attached hydrogens (tertiary/aromatic N) is 7. The Labute approximate surface area is 119 Å². The molecule has 0 aromatic rings. The Morgan fingerprint density at radius 3 is 1.22 bits per heavy atom. The average Bonchev–Trinajstić information content (AvgIpc) is 2.27. The summed E-state index contributed by atoms with van der Waals surface area (Å²) in [5.41, 5.74) is 0. The van der Waals surface area contributed by atoms with E-state index >= 15 is 0 Å². The van der Waals surface area contributed by atoms with Crippen LogP contribution in [0.3, 0.4) is 0 Å². The Kier molecular flexibility index (Phi) is 5.67. The minimum atomic E-state index is -0.373. The molecular formula is C8H30N7Si3+. The number of rotatable bonds is 4. The van der Waals surface area contributed by atoms with E-state index < -0.39 is 0 Å². The monoisotopic (exact) mass is 308 g/mol. The molecule has 1 aliphatic rings. The first-order chi connectivity index (χ1) is 8.20. The molecule has 7 nitrogen and oxygen atoms in total. The van der Waals surface area contributed by atoms with Gasteiger partial charge in [0, 0.05) is 56.4 Å². The quantitative estimate of drug-likeness (QED) is 0.495. The maximum absolute atomic E-state index is 2.65. The Balaban J connectivity index is 3.02. The highest BCUT2D eigenvalue weighted by molar-refractivity contribution is 6.58. The smallest absolute Gasteiger partial charge is 0.264 e. The maximum Gasteiger partial charge on any atom is 0.367 e. The van der Waals surface area contributed by atoms with Crippen molar-refractivity contribution < 1.29 is 4.03 Å². The van der Waals surface area contributed by atoms with Gasteiger partial charge in [-0.25, -0.2) is 8.68 Å². The van der Waals surface area contributed by atoms with E-state index in [1.807, 2.05) is 0 Å². The fraction of sp³-hybridized carbons (Fsp3) is 1.00. The van der Waals surface area contributed by atoms with Crippen molar-refractivity contribution in [2.75, 3.05) is 56.4 Å². The molecule has 18 heavy (non-hydrogen) atoms. The van der Waals surface area contributed by atoms with Crippen LogP contribution in [0.5, 0.6) is 0 Å². The van der Waals surface area contributed by atoms with Crippen molar-refractivity contribution in [2.24, 2.45) is 0 Å². The van der Waals surface area contributed by atoms with Gasteiger partial charge >= 0.3 is 19.7 Å². The van der Waals surface area contributed by atoms with Crippen LogP contribution in [-0.4, -0.2) is 119 Å². The summed E-state index contributed by atoms with van der Waals surface area (Å²) in [4.78, 5) is 0. The molecule has 1 aliphatic heterocycles. The van der Waals surface area contributed by atoms with Gasteiger partial charge in [0.15, 0.2) is 9.84 Å². The van der Waals surface area contributed by atoms with Gasteiger partial charge in [0.2, 0.25) is 0 Å². The van der Waals surface area contributed by atoms with Crippen molar-refractivity contribution in [1.29, 1.82) is 0 Å². The lowest BCUT2D eigenvalue weighted by Crippen LogP contribution is -2.81. The van der Waals surface area contributed by atoms with Crippen molar-refractivity contribution in [3.8, 4) is 0 Å². The highest BCUT2D eigenvalue weighted by Crippen LogP contribution is 2.16. The van der Waals surface area contributed by atoms with E-state index in [-0.39, 0.29) is 29.5 Å². The highest BCUT2D eigenvalue weighted by Gasteiger charge is 2.45. The Morgan fingerprint density at radius 2 is 1.00 bits per heavy atom. The van der Waals surface area contributed by atoms with E-state index in [2.05, 4.69) is 85.1 Å². The molecule has 1 saturated heterocycles. The van der Waals surface area contributed by atoms with Crippen LogP contribution in [-0.2, 0) is 0 Å². The SMILES string of the molecule is CN(C)N1[SiH2]N(N(C)C)[SiH2][N+](N(C)C)(N(C)C)[SiH2]1. The van der Waals surface area contributed by atoms with Gasteiger partial charge in [0.1, 0.15) is 0 Å². The maximum atomic E-state index is 2.65. The summed E-state index contributed by atoms with van der Waals surface area (Å²) in [5.74, 6) is 0. The molecule has 0 unspecified atom stereocenters. The van der Waals surface area contributed by atoms with Gasteiger partial charge in [0.05, 0.1) is 0 Å². The number of hydrogen-bond acceptors (Lipinski definition) is 6. The predicted octanol–water partition coefficient (Wildman–Crippen LogP) is -3.68. The van der Waals surface area contributed by atoms with E-state index in [4.69, 9.17) is 0 Å². The first-order valence-corrected chi connectivity index (χ1v) is 10.1. The summed E-state index contributed by atoms with van der Waals surface area (Å²) in [6.07, 6.45) is 0. The fourth-order valence-corrected chi connectivity index (χ4v) is 14.0. The molecule has 0 N–H and O–H groups in total. The second-order valence-corrected chi connectivity index (χ2v) is 14.2. The van der Waals surface area contributed by atoms with Crippen LogP contribution in [0, 0.1) is 0 Å². The van der Waals surface area contributed by atoms with Crippen molar-refractivity contribution in [3.05, 3.63) is 0 Å². The molecule has 108 valence electrons. The number of hydrogen-bond donors (Lipinski definition) is 0. The second kappa shape index (κ2) is 6.21. The van der Waals surface area contributed by atoms with Gasteiger partial charge < -0.3 is 0 Å². The normalized spacial score (nSPS) is 26.7. The van der Waals surface area contributed by atoms with Gasteiger partial charge in [-0.3, -0.25) is 14.1 Å². The van der Waals surface area contributed by atoms with Crippen molar-refractivity contribution in [3.63, 3.8) is 0 Å². The Bertz CT molecular complexity index is 247. The molecule has 0 saturated carbocycles. The Hall–Kier alpha value is 0.371. The summed E-state index contributed by atoms with van der Waals surface area (Å²) in [6, 6.07) is 0. The summed E-state index contributed by atoms with van der Waals surface area (Å²) in [5, 5.41) is 9.42. The zero-order valence-electron chi connectivity index (χ0n) is 13.3. The zero-order chi connectivity index (χ0) is 14.1. The third kappa shape index (κ3) is 3.27. The molecule has 1 rings (SSSR count). The van der Waals surface area contributed by atoms with E-state index in [0.717, 1.165) is 4.03 Å². The molecule has 0 amide bonds. The molecule has 1 heterocycles. The van der Waals surface area contributed by atoms with Crippen LogP contribution >= 0.6 is 0 Å². The van der Waals surface area contributed by atoms with Crippen LogP contribution in [0.15, 0.2) is 0 Å². The molecular weight excluding hydrogens is 278 g/mol. The largest absolute Gasteiger partial charge is 0.367 e. The molecule has 10 heteroatoms. The van der Waals surface area contributed by atoms with E-state index in [0.29, 0.717) is 0 Å². The molecule has 0 aromatic carbocycles. The van der Waals surface area contributed by atoms with Gasteiger partial charge in [-0.2, -0.15) is 10.0 Å². The minimum absolute atomic E-state index is 0.318.